The summed E-state index contributed by atoms with van der Waals surface area (Å²) < 4.78 is 10.8. The van der Waals surface area contributed by atoms with Crippen molar-refractivity contribution in [1.29, 1.82) is 0 Å². The molecule has 1 atom stereocenters. The van der Waals surface area contributed by atoms with E-state index in [-0.39, 0.29) is 5.91 Å². The molecule has 100 valence electrons. The Morgan fingerprint density at radius 2 is 2.00 bits per heavy atom. The third-order valence-corrected chi connectivity index (χ3v) is 2.38. The van der Waals surface area contributed by atoms with Crippen molar-refractivity contribution in [3.63, 3.8) is 0 Å². The molecule has 1 unspecified atom stereocenters. The number of amides is 1. The van der Waals surface area contributed by atoms with Crippen molar-refractivity contribution < 1.29 is 14.3 Å². The summed E-state index contributed by atoms with van der Waals surface area (Å²) >= 11 is 5.72. The van der Waals surface area contributed by atoms with Gasteiger partial charge in [-0.05, 0) is 32.9 Å². The van der Waals surface area contributed by atoms with Gasteiger partial charge in [0.25, 0.3) is 0 Å². The maximum Gasteiger partial charge on any atom is 0.242 e. The Hall–Kier alpha value is -1.42. The van der Waals surface area contributed by atoms with E-state index in [1.807, 2.05) is 13.8 Å². The fourth-order valence-electron chi connectivity index (χ4n) is 1.38. The second kappa shape index (κ2) is 7.11. The molecule has 1 aromatic carbocycles. The smallest absolute Gasteiger partial charge is 0.242 e. The van der Waals surface area contributed by atoms with Crippen LogP contribution in [0.5, 0.6) is 11.5 Å². The largest absolute Gasteiger partial charge is 0.494 e. The third kappa shape index (κ3) is 4.11. The van der Waals surface area contributed by atoms with Gasteiger partial charge in [-0.2, -0.15) is 0 Å². The van der Waals surface area contributed by atoms with Crippen molar-refractivity contribution >= 4 is 23.2 Å². The molecule has 1 aromatic rings. The minimum Gasteiger partial charge on any atom is -0.494 e. The van der Waals surface area contributed by atoms with Crippen molar-refractivity contribution in [2.24, 2.45) is 0 Å². The van der Waals surface area contributed by atoms with Crippen molar-refractivity contribution in [2.75, 3.05) is 18.5 Å². The number of rotatable bonds is 6. The molecule has 0 aromatic heterocycles. The normalized spacial score (nSPS) is 11.8. The Bertz CT molecular complexity index is 407. The zero-order chi connectivity index (χ0) is 13.5. The van der Waals surface area contributed by atoms with Crippen LogP contribution in [0.25, 0.3) is 0 Å². The summed E-state index contributed by atoms with van der Waals surface area (Å²) in [6.07, 6.45) is 0. The molecule has 0 saturated carbocycles. The topological polar surface area (TPSA) is 47.6 Å². The molecular formula is C13H18ClNO3. The van der Waals surface area contributed by atoms with Gasteiger partial charge in [-0.25, -0.2) is 0 Å². The van der Waals surface area contributed by atoms with Crippen LogP contribution < -0.4 is 14.8 Å². The van der Waals surface area contributed by atoms with Crippen LogP contribution in [0.4, 0.5) is 5.69 Å². The third-order valence-electron chi connectivity index (χ3n) is 2.18. The maximum atomic E-state index is 11.6. The first-order valence-electron chi connectivity index (χ1n) is 5.93. The summed E-state index contributed by atoms with van der Waals surface area (Å²) in [7, 11) is 0. The average molecular weight is 272 g/mol. The first-order valence-corrected chi connectivity index (χ1v) is 6.36. The lowest BCUT2D eigenvalue weighted by molar-refractivity contribution is -0.115. The summed E-state index contributed by atoms with van der Waals surface area (Å²) in [6.45, 7) is 6.48. The summed E-state index contributed by atoms with van der Waals surface area (Å²) in [6, 6.07) is 5.29. The molecule has 0 aliphatic carbocycles. The number of halogens is 1. The molecule has 1 rings (SSSR count). The standard InChI is InChI=1S/C13H18ClNO3/c1-4-17-10-6-7-12(18-5-2)11(8-10)15-13(16)9(3)14/h6-9H,4-5H2,1-3H3,(H,15,16). The van der Waals surface area contributed by atoms with Gasteiger partial charge in [0.05, 0.1) is 18.9 Å². The highest BCUT2D eigenvalue weighted by molar-refractivity contribution is 6.32. The van der Waals surface area contributed by atoms with Crippen LogP contribution in [0.1, 0.15) is 20.8 Å². The van der Waals surface area contributed by atoms with Crippen molar-refractivity contribution in [2.45, 2.75) is 26.1 Å². The lowest BCUT2D eigenvalue weighted by atomic mass is 10.2. The molecule has 5 heteroatoms. The predicted molar refractivity (Wildman–Crippen MR) is 72.7 cm³/mol. The summed E-state index contributed by atoms with van der Waals surface area (Å²) in [5.74, 6) is 1.01. The van der Waals surface area contributed by atoms with Gasteiger partial charge in [-0.3, -0.25) is 4.79 Å². The van der Waals surface area contributed by atoms with E-state index in [0.717, 1.165) is 0 Å². The van der Waals surface area contributed by atoms with E-state index in [9.17, 15) is 4.79 Å². The van der Waals surface area contributed by atoms with Gasteiger partial charge in [0.1, 0.15) is 16.9 Å². The SMILES string of the molecule is CCOc1ccc(OCC)c(NC(=O)C(C)Cl)c1. The van der Waals surface area contributed by atoms with Gasteiger partial charge >= 0.3 is 0 Å². The molecular weight excluding hydrogens is 254 g/mol. The van der Waals surface area contributed by atoms with E-state index in [2.05, 4.69) is 5.32 Å². The number of hydrogen-bond donors (Lipinski definition) is 1. The van der Waals surface area contributed by atoms with Crippen LogP contribution in [0, 0.1) is 0 Å². The summed E-state index contributed by atoms with van der Waals surface area (Å²) in [4.78, 5) is 11.6. The van der Waals surface area contributed by atoms with E-state index < -0.39 is 5.38 Å². The number of alkyl halides is 1. The Labute approximate surface area is 112 Å². The second-order valence-corrected chi connectivity index (χ2v) is 4.28. The molecule has 0 aliphatic heterocycles. The van der Waals surface area contributed by atoms with Gasteiger partial charge < -0.3 is 14.8 Å². The first-order chi connectivity index (χ1) is 8.58. The zero-order valence-corrected chi connectivity index (χ0v) is 11.6. The molecule has 0 bridgehead atoms. The molecule has 1 amide bonds. The van der Waals surface area contributed by atoms with E-state index >= 15 is 0 Å². The second-order valence-electron chi connectivity index (χ2n) is 3.63. The molecule has 0 aliphatic rings. The molecule has 18 heavy (non-hydrogen) atoms. The monoisotopic (exact) mass is 271 g/mol. The lowest BCUT2D eigenvalue weighted by Crippen LogP contribution is -2.20. The molecule has 1 N–H and O–H groups in total. The fourth-order valence-corrected chi connectivity index (χ4v) is 1.43. The zero-order valence-electron chi connectivity index (χ0n) is 10.8. The van der Waals surface area contributed by atoms with Crippen molar-refractivity contribution in [3.05, 3.63) is 18.2 Å². The number of nitrogens with one attached hydrogen (secondary N) is 1. The highest BCUT2D eigenvalue weighted by Gasteiger charge is 2.13. The Kier molecular flexibility index (Phi) is 5.78. The average Bonchev–Trinajstić information content (AvgIpc) is 2.33. The highest BCUT2D eigenvalue weighted by atomic mass is 35.5. The number of ether oxygens (including phenoxy) is 2. The molecule has 0 heterocycles. The summed E-state index contributed by atoms with van der Waals surface area (Å²) in [5.41, 5.74) is 0.570. The molecule has 0 radical (unpaired) electrons. The molecule has 0 saturated heterocycles. The van der Waals surface area contributed by atoms with Crippen LogP contribution in [0.2, 0.25) is 0 Å². The summed E-state index contributed by atoms with van der Waals surface area (Å²) in [5, 5.41) is 2.12. The number of hydrogen-bond acceptors (Lipinski definition) is 3. The van der Waals surface area contributed by atoms with Crippen LogP contribution in [0.15, 0.2) is 18.2 Å². The number of carbonyl (C=O) groups excluding carboxylic acids is 1. The van der Waals surface area contributed by atoms with Gasteiger partial charge in [-0.15, -0.1) is 11.6 Å². The highest BCUT2D eigenvalue weighted by Crippen LogP contribution is 2.29. The van der Waals surface area contributed by atoms with Gasteiger partial charge in [0, 0.05) is 6.07 Å². The molecule has 0 fully saturated rings. The van der Waals surface area contributed by atoms with Gasteiger partial charge in [-0.1, -0.05) is 0 Å². The minimum absolute atomic E-state index is 0.272. The van der Waals surface area contributed by atoms with Crippen LogP contribution in [-0.4, -0.2) is 24.5 Å². The Morgan fingerprint density at radius 3 is 2.56 bits per heavy atom. The van der Waals surface area contributed by atoms with Gasteiger partial charge in [0.15, 0.2) is 0 Å². The van der Waals surface area contributed by atoms with E-state index in [1.54, 1.807) is 25.1 Å². The Morgan fingerprint density at radius 1 is 1.33 bits per heavy atom. The number of anilines is 1. The van der Waals surface area contributed by atoms with E-state index in [4.69, 9.17) is 21.1 Å². The van der Waals surface area contributed by atoms with Crippen molar-refractivity contribution in [3.8, 4) is 11.5 Å². The van der Waals surface area contributed by atoms with Gasteiger partial charge in [0.2, 0.25) is 5.91 Å². The van der Waals surface area contributed by atoms with E-state index in [0.29, 0.717) is 30.4 Å². The van der Waals surface area contributed by atoms with Crippen molar-refractivity contribution in [1.82, 2.24) is 0 Å². The molecule has 0 spiro atoms. The van der Waals surface area contributed by atoms with E-state index in [1.165, 1.54) is 0 Å². The van der Waals surface area contributed by atoms with Crippen LogP contribution in [0.3, 0.4) is 0 Å². The maximum absolute atomic E-state index is 11.6. The van der Waals surface area contributed by atoms with Crippen LogP contribution >= 0.6 is 11.6 Å². The number of carbonyl (C=O) groups is 1. The predicted octanol–water partition coefficient (Wildman–Crippen LogP) is 3.05. The Balaban J connectivity index is 2.95. The molecule has 4 nitrogen and oxygen atoms in total. The number of benzene rings is 1. The fraction of sp³-hybridized carbons (Fsp3) is 0.462. The van der Waals surface area contributed by atoms with Crippen LogP contribution in [-0.2, 0) is 4.79 Å². The quantitative estimate of drug-likeness (QED) is 0.809. The lowest BCUT2D eigenvalue weighted by Gasteiger charge is -2.14. The minimum atomic E-state index is -0.602. The first kappa shape index (κ1) is 14.6.